The number of carboxylic acid groups (broad SMARTS) is 1. The zero-order valence-electron chi connectivity index (χ0n) is 13.1. The molecule has 0 aromatic carbocycles. The molecule has 0 aliphatic carbocycles. The van der Waals surface area contributed by atoms with E-state index in [0.29, 0.717) is 10.4 Å². The standard InChI is InChI=1S/C15H21NO6S/c1-15(2,3)22-14(21)16-7-11(17)13(20)9-6-10(23-8-9)4-5-12(18)19/h4-6,8,11,13,17,20H,7H2,1-3H3,(H,16,21)(H,18,19)/b5-4+. The highest BCUT2D eigenvalue weighted by Gasteiger charge is 2.22. The van der Waals surface area contributed by atoms with E-state index in [9.17, 15) is 19.8 Å². The number of thiophene rings is 1. The second kappa shape index (κ2) is 8.09. The van der Waals surface area contributed by atoms with Crippen LogP contribution in [0, 0.1) is 0 Å². The summed E-state index contributed by atoms with van der Waals surface area (Å²) in [6.07, 6.45) is -0.711. The number of nitrogens with one attached hydrogen (secondary N) is 1. The summed E-state index contributed by atoms with van der Waals surface area (Å²) in [5, 5.41) is 32.5. The average Bonchev–Trinajstić information content (AvgIpc) is 2.88. The summed E-state index contributed by atoms with van der Waals surface area (Å²) in [7, 11) is 0. The van der Waals surface area contributed by atoms with Gasteiger partial charge in [-0.1, -0.05) is 0 Å². The normalized spacial score (nSPS) is 14.5. The molecule has 0 fully saturated rings. The van der Waals surface area contributed by atoms with Gasteiger partial charge in [-0.15, -0.1) is 11.3 Å². The highest BCUT2D eigenvalue weighted by molar-refractivity contribution is 7.11. The minimum absolute atomic E-state index is 0.174. The largest absolute Gasteiger partial charge is 0.478 e. The lowest BCUT2D eigenvalue weighted by Crippen LogP contribution is -2.38. The van der Waals surface area contributed by atoms with Crippen molar-refractivity contribution in [2.24, 2.45) is 0 Å². The Kier molecular flexibility index (Phi) is 6.74. The van der Waals surface area contributed by atoms with Crippen LogP contribution in [0.2, 0.25) is 0 Å². The van der Waals surface area contributed by atoms with Crippen LogP contribution < -0.4 is 5.32 Å². The van der Waals surface area contributed by atoms with Crippen LogP contribution in [0.1, 0.15) is 37.3 Å². The molecule has 0 bridgehead atoms. The molecule has 0 saturated carbocycles. The van der Waals surface area contributed by atoms with Crippen molar-refractivity contribution >= 4 is 29.5 Å². The van der Waals surface area contributed by atoms with E-state index in [4.69, 9.17) is 9.84 Å². The molecule has 1 heterocycles. The molecule has 1 rings (SSSR count). The maximum Gasteiger partial charge on any atom is 0.407 e. The summed E-state index contributed by atoms with van der Waals surface area (Å²) in [6, 6.07) is 1.57. The molecule has 1 aromatic heterocycles. The van der Waals surface area contributed by atoms with Gasteiger partial charge in [0.2, 0.25) is 0 Å². The number of aliphatic hydroxyl groups is 2. The summed E-state index contributed by atoms with van der Waals surface area (Å²) in [6.45, 7) is 4.98. The first-order valence-electron chi connectivity index (χ1n) is 6.91. The van der Waals surface area contributed by atoms with Gasteiger partial charge in [0.05, 0.1) is 0 Å². The average molecular weight is 343 g/mol. The van der Waals surface area contributed by atoms with Crippen LogP contribution in [0.5, 0.6) is 0 Å². The Hall–Kier alpha value is -1.90. The number of aliphatic carboxylic acids is 1. The molecule has 8 heteroatoms. The highest BCUT2D eigenvalue weighted by Crippen LogP contribution is 2.24. The predicted octanol–water partition coefficient (Wildman–Crippen LogP) is 1.76. The van der Waals surface area contributed by atoms with Gasteiger partial charge >= 0.3 is 12.1 Å². The van der Waals surface area contributed by atoms with E-state index >= 15 is 0 Å². The third-order valence-electron chi connectivity index (χ3n) is 2.59. The van der Waals surface area contributed by atoms with Crippen molar-refractivity contribution in [1.29, 1.82) is 0 Å². The molecule has 7 nitrogen and oxygen atoms in total. The first-order chi connectivity index (χ1) is 10.6. The Morgan fingerprint density at radius 2 is 2.04 bits per heavy atom. The molecule has 0 aliphatic heterocycles. The molecule has 0 radical (unpaired) electrons. The molecular weight excluding hydrogens is 322 g/mol. The molecule has 0 aliphatic rings. The molecule has 128 valence electrons. The molecule has 4 N–H and O–H groups in total. The van der Waals surface area contributed by atoms with Gasteiger partial charge in [0.25, 0.3) is 0 Å². The Morgan fingerprint density at radius 1 is 1.39 bits per heavy atom. The van der Waals surface area contributed by atoms with E-state index < -0.39 is 29.9 Å². The first kappa shape index (κ1) is 19.1. The lowest BCUT2D eigenvalue weighted by Gasteiger charge is -2.21. The van der Waals surface area contributed by atoms with Crippen molar-refractivity contribution in [3.05, 3.63) is 28.0 Å². The minimum Gasteiger partial charge on any atom is -0.478 e. The first-order valence-corrected chi connectivity index (χ1v) is 7.79. The fourth-order valence-electron chi connectivity index (χ4n) is 1.60. The molecular formula is C15H21NO6S. The Balaban J connectivity index is 2.55. The molecule has 23 heavy (non-hydrogen) atoms. The molecule has 1 aromatic rings. The predicted molar refractivity (Wildman–Crippen MR) is 86.2 cm³/mol. The molecule has 0 spiro atoms. The van der Waals surface area contributed by atoms with E-state index in [0.717, 1.165) is 6.08 Å². The van der Waals surface area contributed by atoms with Crippen molar-refractivity contribution in [3.8, 4) is 0 Å². The zero-order valence-corrected chi connectivity index (χ0v) is 14.0. The third-order valence-corrected chi connectivity index (χ3v) is 3.51. The van der Waals surface area contributed by atoms with Gasteiger partial charge in [-0.3, -0.25) is 0 Å². The Morgan fingerprint density at radius 3 is 2.61 bits per heavy atom. The van der Waals surface area contributed by atoms with Gasteiger partial charge in [-0.05, 0) is 43.9 Å². The lowest BCUT2D eigenvalue weighted by atomic mass is 10.1. The number of carbonyl (C=O) groups is 2. The topological polar surface area (TPSA) is 116 Å². The highest BCUT2D eigenvalue weighted by atomic mass is 32.1. The second-order valence-corrected chi connectivity index (χ2v) is 6.79. The molecule has 0 saturated heterocycles. The molecule has 1 amide bonds. The Labute approximate surface area is 138 Å². The number of carboxylic acids is 1. The maximum absolute atomic E-state index is 11.5. The SMILES string of the molecule is CC(C)(C)OC(=O)NCC(O)C(O)c1csc(/C=C/C(=O)O)c1. The number of hydrogen-bond acceptors (Lipinski definition) is 6. The molecule has 2 unspecified atom stereocenters. The number of hydrogen-bond donors (Lipinski definition) is 4. The van der Waals surface area contributed by atoms with Crippen molar-refractivity contribution in [1.82, 2.24) is 5.32 Å². The van der Waals surface area contributed by atoms with E-state index in [1.54, 1.807) is 32.2 Å². The van der Waals surface area contributed by atoms with Crippen LogP contribution in [-0.2, 0) is 9.53 Å². The second-order valence-electron chi connectivity index (χ2n) is 5.85. The number of aliphatic hydroxyl groups excluding tert-OH is 2. The smallest absolute Gasteiger partial charge is 0.407 e. The fourth-order valence-corrected chi connectivity index (χ4v) is 2.43. The van der Waals surface area contributed by atoms with Gasteiger partial charge in [0.15, 0.2) is 0 Å². The minimum atomic E-state index is -1.21. The van der Waals surface area contributed by atoms with Crippen LogP contribution in [-0.4, -0.2) is 45.6 Å². The number of ether oxygens (including phenoxy) is 1. The van der Waals surface area contributed by atoms with Gasteiger partial charge in [-0.25, -0.2) is 9.59 Å². The van der Waals surface area contributed by atoms with E-state index in [1.165, 1.54) is 17.4 Å². The fraction of sp³-hybridized carbons (Fsp3) is 0.467. The quantitative estimate of drug-likeness (QED) is 0.585. The van der Waals surface area contributed by atoms with Crippen molar-refractivity contribution < 1.29 is 29.6 Å². The number of carbonyl (C=O) groups excluding carboxylic acids is 1. The zero-order chi connectivity index (χ0) is 17.6. The van der Waals surface area contributed by atoms with Crippen LogP contribution in [0.15, 0.2) is 17.5 Å². The summed E-state index contributed by atoms with van der Waals surface area (Å²) < 4.78 is 5.03. The number of alkyl carbamates (subject to hydrolysis) is 1. The van der Waals surface area contributed by atoms with E-state index in [1.807, 2.05) is 0 Å². The van der Waals surface area contributed by atoms with Crippen LogP contribution >= 0.6 is 11.3 Å². The number of rotatable bonds is 6. The van der Waals surface area contributed by atoms with Crippen LogP contribution in [0.25, 0.3) is 6.08 Å². The van der Waals surface area contributed by atoms with Gasteiger partial charge in [0.1, 0.15) is 17.8 Å². The molecule has 2 atom stereocenters. The summed E-state index contributed by atoms with van der Waals surface area (Å²) in [5.74, 6) is -1.07. The summed E-state index contributed by atoms with van der Waals surface area (Å²) >= 11 is 1.24. The summed E-state index contributed by atoms with van der Waals surface area (Å²) in [4.78, 5) is 22.6. The van der Waals surface area contributed by atoms with Gasteiger partial charge < -0.3 is 25.4 Å². The third kappa shape index (κ3) is 7.27. The van der Waals surface area contributed by atoms with Crippen LogP contribution in [0.3, 0.4) is 0 Å². The van der Waals surface area contributed by atoms with E-state index in [2.05, 4.69) is 5.32 Å². The monoisotopic (exact) mass is 343 g/mol. The maximum atomic E-state index is 11.5. The Bertz CT molecular complexity index is 575. The van der Waals surface area contributed by atoms with E-state index in [-0.39, 0.29) is 6.54 Å². The van der Waals surface area contributed by atoms with Crippen LogP contribution in [0.4, 0.5) is 4.79 Å². The lowest BCUT2D eigenvalue weighted by molar-refractivity contribution is -0.131. The van der Waals surface area contributed by atoms with Crippen molar-refractivity contribution in [2.45, 2.75) is 38.6 Å². The van der Waals surface area contributed by atoms with Crippen molar-refractivity contribution in [3.63, 3.8) is 0 Å². The van der Waals surface area contributed by atoms with Crippen molar-refractivity contribution in [2.75, 3.05) is 6.54 Å². The number of amides is 1. The summed E-state index contributed by atoms with van der Waals surface area (Å²) in [5.41, 5.74) is -0.203. The van der Waals surface area contributed by atoms with Gasteiger partial charge in [-0.2, -0.15) is 0 Å². The van der Waals surface area contributed by atoms with Gasteiger partial charge in [0, 0.05) is 17.5 Å².